The van der Waals surface area contributed by atoms with E-state index in [1.54, 1.807) is 0 Å². The number of rotatable bonds is 3. The highest BCUT2D eigenvalue weighted by molar-refractivity contribution is 5.56. The first-order chi connectivity index (χ1) is 11.3. The maximum atomic E-state index is 9.84. The van der Waals surface area contributed by atoms with E-state index in [1.807, 2.05) is 0 Å². The second-order valence-corrected chi connectivity index (χ2v) is 7.48. The molecule has 2 unspecified atom stereocenters. The van der Waals surface area contributed by atoms with Gasteiger partial charge in [0.2, 0.25) is 0 Å². The Morgan fingerprint density at radius 3 is 2.33 bits per heavy atom. The van der Waals surface area contributed by atoms with Crippen molar-refractivity contribution >= 4 is 0 Å². The van der Waals surface area contributed by atoms with Crippen LogP contribution in [0.4, 0.5) is 0 Å². The van der Waals surface area contributed by atoms with Gasteiger partial charge in [0, 0.05) is 31.0 Å². The quantitative estimate of drug-likeness (QED) is 0.860. The van der Waals surface area contributed by atoms with Gasteiger partial charge in [0.05, 0.1) is 23.4 Å². The van der Waals surface area contributed by atoms with Crippen LogP contribution in [0.1, 0.15) is 34.1 Å². The Labute approximate surface area is 144 Å². The average Bonchev–Trinajstić information content (AvgIpc) is 2.55. The maximum Gasteiger partial charge on any atom is 0.187 e. The molecule has 0 saturated heterocycles. The van der Waals surface area contributed by atoms with Crippen LogP contribution in [-0.2, 0) is 0 Å². The Hall–Kier alpha value is -2.29. The third-order valence-electron chi connectivity index (χ3n) is 5.32. The Balaban J connectivity index is 2.67. The zero-order valence-electron chi connectivity index (χ0n) is 14.9. The molecule has 24 heavy (non-hydrogen) atoms. The van der Waals surface area contributed by atoms with E-state index < -0.39 is 5.41 Å². The Morgan fingerprint density at radius 1 is 1.25 bits per heavy atom. The molecule has 0 aromatic carbocycles. The lowest BCUT2D eigenvalue weighted by molar-refractivity contribution is 0.130. The van der Waals surface area contributed by atoms with E-state index in [0.717, 1.165) is 25.1 Å². The normalized spacial score (nSPS) is 26.4. The summed E-state index contributed by atoms with van der Waals surface area (Å²) in [6, 6.07) is 6.88. The second-order valence-electron chi connectivity index (χ2n) is 7.48. The molecule has 0 fully saturated rings. The van der Waals surface area contributed by atoms with Gasteiger partial charge >= 0.3 is 0 Å². The zero-order chi connectivity index (χ0) is 18.1. The molecule has 5 nitrogen and oxygen atoms in total. The van der Waals surface area contributed by atoms with Crippen molar-refractivity contribution in [1.29, 1.82) is 15.8 Å². The standard InChI is InChI=1S/C19H25N5/c1-12(2)7-17-16-9-24(13(3)4)6-5-14(16)15(8-20)18(23)19(17,10-21)11-22/h5,12-13,16-17H,6-7,9,23H2,1-4H3. The molecule has 1 aliphatic heterocycles. The number of fused-ring (bicyclic) bond motifs is 1. The molecule has 0 radical (unpaired) electrons. The maximum absolute atomic E-state index is 9.84. The molecule has 0 bridgehead atoms. The van der Waals surface area contributed by atoms with Crippen molar-refractivity contribution in [2.45, 2.75) is 40.2 Å². The molecular weight excluding hydrogens is 298 g/mol. The van der Waals surface area contributed by atoms with Crippen molar-refractivity contribution < 1.29 is 0 Å². The first-order valence-corrected chi connectivity index (χ1v) is 8.49. The van der Waals surface area contributed by atoms with Gasteiger partial charge in [-0.05, 0) is 31.8 Å². The number of allylic oxidation sites excluding steroid dienone is 2. The van der Waals surface area contributed by atoms with Gasteiger partial charge in [0.1, 0.15) is 6.07 Å². The van der Waals surface area contributed by atoms with Gasteiger partial charge in [-0.2, -0.15) is 15.8 Å². The first-order valence-electron chi connectivity index (χ1n) is 8.49. The van der Waals surface area contributed by atoms with E-state index >= 15 is 0 Å². The molecule has 0 spiro atoms. The topological polar surface area (TPSA) is 101 Å². The minimum Gasteiger partial charge on any atom is -0.399 e. The highest BCUT2D eigenvalue weighted by Gasteiger charge is 2.53. The molecule has 126 valence electrons. The van der Waals surface area contributed by atoms with E-state index in [2.05, 4.69) is 56.9 Å². The summed E-state index contributed by atoms with van der Waals surface area (Å²) >= 11 is 0. The predicted octanol–water partition coefficient (Wildman–Crippen LogP) is 2.70. The summed E-state index contributed by atoms with van der Waals surface area (Å²) in [5, 5.41) is 29.3. The van der Waals surface area contributed by atoms with Gasteiger partial charge in [0.15, 0.2) is 5.41 Å². The molecule has 5 heteroatoms. The molecule has 0 saturated carbocycles. The minimum absolute atomic E-state index is 0.00944. The van der Waals surface area contributed by atoms with Crippen LogP contribution in [0.3, 0.4) is 0 Å². The van der Waals surface area contributed by atoms with Crippen LogP contribution in [0.5, 0.6) is 0 Å². The van der Waals surface area contributed by atoms with E-state index in [-0.39, 0.29) is 17.5 Å². The third-order valence-corrected chi connectivity index (χ3v) is 5.32. The average molecular weight is 323 g/mol. The summed E-state index contributed by atoms with van der Waals surface area (Å²) in [5.41, 5.74) is 6.20. The summed E-state index contributed by atoms with van der Waals surface area (Å²) in [6.45, 7) is 9.97. The molecule has 2 atom stereocenters. The summed E-state index contributed by atoms with van der Waals surface area (Å²) in [4.78, 5) is 2.32. The van der Waals surface area contributed by atoms with Gasteiger partial charge in [-0.25, -0.2) is 0 Å². The van der Waals surface area contributed by atoms with Crippen LogP contribution < -0.4 is 5.73 Å². The number of nitriles is 3. The number of hydrogen-bond donors (Lipinski definition) is 1. The van der Waals surface area contributed by atoms with E-state index in [0.29, 0.717) is 17.5 Å². The summed E-state index contributed by atoms with van der Waals surface area (Å²) < 4.78 is 0. The molecule has 2 rings (SSSR count). The highest BCUT2D eigenvalue weighted by Crippen LogP contribution is 2.51. The number of nitrogens with zero attached hydrogens (tertiary/aromatic N) is 4. The van der Waals surface area contributed by atoms with Crippen LogP contribution in [0.15, 0.2) is 22.9 Å². The van der Waals surface area contributed by atoms with Gasteiger partial charge in [-0.15, -0.1) is 0 Å². The Bertz CT molecular complexity index is 679. The lowest BCUT2D eigenvalue weighted by Crippen LogP contribution is -2.50. The van der Waals surface area contributed by atoms with Crippen molar-refractivity contribution in [3.8, 4) is 18.2 Å². The molecular formula is C19H25N5. The predicted molar refractivity (Wildman–Crippen MR) is 91.7 cm³/mol. The fourth-order valence-corrected chi connectivity index (χ4v) is 3.98. The molecule has 0 amide bonds. The largest absolute Gasteiger partial charge is 0.399 e. The Kier molecular flexibility index (Phi) is 5.02. The molecule has 2 aliphatic rings. The van der Waals surface area contributed by atoms with E-state index in [9.17, 15) is 15.8 Å². The second kappa shape index (κ2) is 6.68. The minimum atomic E-state index is -1.42. The van der Waals surface area contributed by atoms with Gasteiger partial charge in [0.25, 0.3) is 0 Å². The van der Waals surface area contributed by atoms with Crippen molar-refractivity contribution in [2.75, 3.05) is 13.1 Å². The fourth-order valence-electron chi connectivity index (χ4n) is 3.98. The first kappa shape index (κ1) is 18.1. The van der Waals surface area contributed by atoms with Crippen molar-refractivity contribution in [1.82, 2.24) is 4.90 Å². The monoisotopic (exact) mass is 323 g/mol. The van der Waals surface area contributed by atoms with Crippen LogP contribution in [-0.4, -0.2) is 24.0 Å². The van der Waals surface area contributed by atoms with Crippen LogP contribution in [0, 0.1) is 57.2 Å². The number of nitrogens with two attached hydrogens (primary N) is 1. The van der Waals surface area contributed by atoms with E-state index in [4.69, 9.17) is 5.73 Å². The van der Waals surface area contributed by atoms with Crippen molar-refractivity contribution in [3.05, 3.63) is 22.9 Å². The smallest absolute Gasteiger partial charge is 0.187 e. The molecule has 2 N–H and O–H groups in total. The molecule has 1 aliphatic carbocycles. The Morgan fingerprint density at radius 2 is 1.88 bits per heavy atom. The van der Waals surface area contributed by atoms with Gasteiger partial charge in [-0.1, -0.05) is 19.9 Å². The van der Waals surface area contributed by atoms with Gasteiger partial charge in [-0.3, -0.25) is 4.90 Å². The van der Waals surface area contributed by atoms with Crippen LogP contribution in [0.2, 0.25) is 0 Å². The van der Waals surface area contributed by atoms with Gasteiger partial charge < -0.3 is 5.73 Å². The van der Waals surface area contributed by atoms with Crippen LogP contribution in [0.25, 0.3) is 0 Å². The van der Waals surface area contributed by atoms with E-state index in [1.165, 1.54) is 0 Å². The summed E-state index contributed by atoms with van der Waals surface area (Å²) in [5.74, 6) is 0.130. The number of hydrogen-bond acceptors (Lipinski definition) is 5. The molecule has 0 aromatic heterocycles. The van der Waals surface area contributed by atoms with Crippen molar-refractivity contribution in [2.24, 2.45) is 28.9 Å². The van der Waals surface area contributed by atoms with Crippen molar-refractivity contribution in [3.63, 3.8) is 0 Å². The molecule has 1 heterocycles. The summed E-state index contributed by atoms with van der Waals surface area (Å²) in [6.07, 6.45) is 2.79. The fraction of sp³-hybridized carbons (Fsp3) is 0.632. The zero-order valence-corrected chi connectivity index (χ0v) is 14.9. The lowest BCUT2D eigenvalue weighted by Gasteiger charge is -2.46. The lowest BCUT2D eigenvalue weighted by atomic mass is 9.58. The molecule has 0 aromatic rings. The van der Waals surface area contributed by atoms with Crippen LogP contribution >= 0.6 is 0 Å². The highest BCUT2D eigenvalue weighted by atomic mass is 15.2. The summed E-state index contributed by atoms with van der Waals surface area (Å²) in [7, 11) is 0. The third kappa shape index (κ3) is 2.68. The SMILES string of the molecule is CC(C)CC1C2CN(C(C)C)CC=C2C(C#N)=C(N)C1(C#N)C#N.